The fourth-order valence-corrected chi connectivity index (χ4v) is 2.28. The number of aromatic nitrogens is 3. The number of fused-ring (bicyclic) bond motifs is 1. The summed E-state index contributed by atoms with van der Waals surface area (Å²) in [6, 6.07) is 7.14. The number of benzene rings is 1. The molecule has 0 spiro atoms. The average Bonchev–Trinajstić information content (AvgIpc) is 3.27. The first-order valence-corrected chi connectivity index (χ1v) is 6.77. The van der Waals surface area contributed by atoms with Gasteiger partial charge in [0.1, 0.15) is 12.1 Å². The van der Waals surface area contributed by atoms with Crippen molar-refractivity contribution in [3.63, 3.8) is 0 Å². The van der Waals surface area contributed by atoms with Crippen LogP contribution in [-0.4, -0.2) is 26.9 Å². The third kappa shape index (κ3) is 2.54. The van der Waals surface area contributed by atoms with E-state index < -0.39 is 0 Å². The molecule has 1 aromatic heterocycles. The van der Waals surface area contributed by atoms with Crippen LogP contribution in [0.15, 0.2) is 29.1 Å². The van der Waals surface area contributed by atoms with E-state index in [0.717, 1.165) is 17.5 Å². The first-order valence-electron chi connectivity index (χ1n) is 6.77. The van der Waals surface area contributed by atoms with Crippen LogP contribution in [-0.2, 0) is 11.3 Å². The number of amides is 1. The van der Waals surface area contributed by atoms with Crippen molar-refractivity contribution in [1.29, 1.82) is 0 Å². The van der Waals surface area contributed by atoms with E-state index in [0.29, 0.717) is 16.8 Å². The summed E-state index contributed by atoms with van der Waals surface area (Å²) in [7, 11) is 0. The quantitative estimate of drug-likeness (QED) is 0.889. The molecule has 1 fully saturated rings. The standard InChI is InChI=1S/C14H16N4O2/c1-9(10-6-7-10)15-13(19)8-18-14(20)11-4-2-3-5-12(11)16-17-18/h2-5,9-10H,6-8H2,1H3,(H,15,19)/t9-/m1/s1. The molecular formula is C14H16N4O2. The largest absolute Gasteiger partial charge is 0.352 e. The van der Waals surface area contributed by atoms with Crippen LogP contribution in [0.2, 0.25) is 0 Å². The maximum Gasteiger partial charge on any atom is 0.278 e. The van der Waals surface area contributed by atoms with Gasteiger partial charge in [0.2, 0.25) is 5.91 Å². The second-order valence-corrected chi connectivity index (χ2v) is 5.26. The lowest BCUT2D eigenvalue weighted by Gasteiger charge is -2.12. The molecule has 20 heavy (non-hydrogen) atoms. The zero-order chi connectivity index (χ0) is 14.1. The summed E-state index contributed by atoms with van der Waals surface area (Å²) < 4.78 is 1.11. The predicted molar refractivity (Wildman–Crippen MR) is 74.1 cm³/mol. The highest BCUT2D eigenvalue weighted by Crippen LogP contribution is 2.32. The zero-order valence-electron chi connectivity index (χ0n) is 11.2. The Morgan fingerprint density at radius 1 is 1.45 bits per heavy atom. The van der Waals surface area contributed by atoms with Crippen LogP contribution in [0, 0.1) is 5.92 Å². The van der Waals surface area contributed by atoms with E-state index in [4.69, 9.17) is 0 Å². The van der Waals surface area contributed by atoms with E-state index in [1.165, 1.54) is 0 Å². The minimum Gasteiger partial charge on any atom is -0.352 e. The lowest BCUT2D eigenvalue weighted by atomic mass is 10.2. The lowest BCUT2D eigenvalue weighted by Crippen LogP contribution is -2.39. The Balaban J connectivity index is 1.78. The van der Waals surface area contributed by atoms with Gasteiger partial charge in [-0.2, -0.15) is 0 Å². The van der Waals surface area contributed by atoms with Crippen molar-refractivity contribution in [2.24, 2.45) is 5.92 Å². The van der Waals surface area contributed by atoms with Gasteiger partial charge in [-0.15, -0.1) is 5.10 Å². The zero-order valence-corrected chi connectivity index (χ0v) is 11.2. The summed E-state index contributed by atoms with van der Waals surface area (Å²) in [5.74, 6) is 0.384. The highest BCUT2D eigenvalue weighted by atomic mass is 16.2. The Morgan fingerprint density at radius 3 is 2.95 bits per heavy atom. The molecule has 1 aliphatic carbocycles. The summed E-state index contributed by atoms with van der Waals surface area (Å²) >= 11 is 0. The average molecular weight is 272 g/mol. The molecule has 2 aromatic rings. The third-order valence-electron chi connectivity index (χ3n) is 3.64. The van der Waals surface area contributed by atoms with Crippen molar-refractivity contribution in [2.45, 2.75) is 32.4 Å². The van der Waals surface area contributed by atoms with E-state index in [9.17, 15) is 9.59 Å². The molecule has 0 bridgehead atoms. The molecule has 1 amide bonds. The molecule has 0 radical (unpaired) electrons. The van der Waals surface area contributed by atoms with Gasteiger partial charge in [0.25, 0.3) is 5.56 Å². The number of carbonyl (C=O) groups is 1. The summed E-state index contributed by atoms with van der Waals surface area (Å²) in [6.45, 7) is 1.90. The lowest BCUT2D eigenvalue weighted by molar-refractivity contribution is -0.122. The Labute approximate surface area is 115 Å². The van der Waals surface area contributed by atoms with E-state index in [1.54, 1.807) is 24.3 Å². The predicted octanol–water partition coefficient (Wildman–Crippen LogP) is 0.706. The number of hydrogen-bond donors (Lipinski definition) is 1. The van der Waals surface area contributed by atoms with Crippen LogP contribution in [0.3, 0.4) is 0 Å². The fourth-order valence-electron chi connectivity index (χ4n) is 2.28. The number of carbonyl (C=O) groups excluding carboxylic acids is 1. The topological polar surface area (TPSA) is 76.9 Å². The minimum absolute atomic E-state index is 0.0896. The number of nitrogens with one attached hydrogen (secondary N) is 1. The monoisotopic (exact) mass is 272 g/mol. The normalized spacial score (nSPS) is 16.1. The molecule has 0 aliphatic heterocycles. The van der Waals surface area contributed by atoms with Gasteiger partial charge in [-0.1, -0.05) is 17.3 Å². The van der Waals surface area contributed by atoms with Gasteiger partial charge < -0.3 is 5.32 Å². The van der Waals surface area contributed by atoms with Crippen molar-refractivity contribution in [3.8, 4) is 0 Å². The van der Waals surface area contributed by atoms with Gasteiger partial charge in [-0.25, -0.2) is 4.68 Å². The van der Waals surface area contributed by atoms with Gasteiger partial charge in [-0.3, -0.25) is 9.59 Å². The van der Waals surface area contributed by atoms with Gasteiger partial charge in [-0.05, 0) is 37.8 Å². The van der Waals surface area contributed by atoms with Crippen LogP contribution < -0.4 is 10.9 Å². The molecule has 1 aromatic carbocycles. The highest BCUT2D eigenvalue weighted by Gasteiger charge is 2.28. The number of rotatable bonds is 4. The number of hydrogen-bond acceptors (Lipinski definition) is 4. The molecule has 1 N–H and O–H groups in total. The molecule has 104 valence electrons. The second kappa shape index (κ2) is 5.03. The molecule has 6 heteroatoms. The molecule has 1 aliphatic rings. The Hall–Kier alpha value is -2.24. The van der Waals surface area contributed by atoms with Gasteiger partial charge in [0.15, 0.2) is 0 Å². The van der Waals surface area contributed by atoms with Crippen LogP contribution >= 0.6 is 0 Å². The SMILES string of the molecule is C[C@@H](NC(=O)Cn1nnc2ccccc2c1=O)C1CC1. The maximum absolute atomic E-state index is 12.2. The Kier molecular flexibility index (Phi) is 3.22. The summed E-state index contributed by atoms with van der Waals surface area (Å²) in [4.78, 5) is 24.1. The summed E-state index contributed by atoms with van der Waals surface area (Å²) in [6.07, 6.45) is 2.33. The summed E-state index contributed by atoms with van der Waals surface area (Å²) in [5, 5.41) is 11.1. The van der Waals surface area contributed by atoms with E-state index in [1.807, 2.05) is 6.92 Å². The molecule has 6 nitrogen and oxygen atoms in total. The molecule has 1 atom stereocenters. The third-order valence-corrected chi connectivity index (χ3v) is 3.64. The minimum atomic E-state index is -0.287. The van der Waals surface area contributed by atoms with Crippen LogP contribution in [0.5, 0.6) is 0 Å². The number of nitrogens with zero attached hydrogens (tertiary/aromatic N) is 3. The Bertz CT molecular complexity index is 706. The van der Waals surface area contributed by atoms with Crippen molar-refractivity contribution < 1.29 is 4.79 Å². The van der Waals surface area contributed by atoms with Gasteiger partial charge in [0, 0.05) is 6.04 Å². The molecule has 0 unspecified atom stereocenters. The first kappa shape index (κ1) is 12.8. The Morgan fingerprint density at radius 2 is 2.20 bits per heavy atom. The van der Waals surface area contributed by atoms with Gasteiger partial charge >= 0.3 is 0 Å². The molecule has 1 saturated carbocycles. The highest BCUT2D eigenvalue weighted by molar-refractivity contribution is 5.78. The van der Waals surface area contributed by atoms with E-state index in [-0.39, 0.29) is 24.1 Å². The van der Waals surface area contributed by atoms with Crippen LogP contribution in [0.25, 0.3) is 10.9 Å². The van der Waals surface area contributed by atoms with Crippen molar-refractivity contribution in [2.75, 3.05) is 0 Å². The van der Waals surface area contributed by atoms with Gasteiger partial charge in [0.05, 0.1) is 5.39 Å². The summed E-state index contributed by atoms with van der Waals surface area (Å²) in [5.41, 5.74) is 0.255. The van der Waals surface area contributed by atoms with E-state index >= 15 is 0 Å². The van der Waals surface area contributed by atoms with Crippen LogP contribution in [0.4, 0.5) is 0 Å². The molecule has 3 rings (SSSR count). The second-order valence-electron chi connectivity index (χ2n) is 5.26. The van der Waals surface area contributed by atoms with Crippen molar-refractivity contribution in [3.05, 3.63) is 34.6 Å². The fraction of sp³-hybridized carbons (Fsp3) is 0.429. The smallest absolute Gasteiger partial charge is 0.278 e. The van der Waals surface area contributed by atoms with Crippen LogP contribution in [0.1, 0.15) is 19.8 Å². The molecular weight excluding hydrogens is 256 g/mol. The van der Waals surface area contributed by atoms with Crippen molar-refractivity contribution in [1.82, 2.24) is 20.3 Å². The van der Waals surface area contributed by atoms with Crippen molar-refractivity contribution >= 4 is 16.8 Å². The van der Waals surface area contributed by atoms with E-state index in [2.05, 4.69) is 15.6 Å². The first-order chi connectivity index (χ1) is 9.65. The maximum atomic E-state index is 12.2. The molecule has 1 heterocycles. The molecule has 0 saturated heterocycles.